The zero-order chi connectivity index (χ0) is 14.0. The first-order valence-electron chi connectivity index (χ1n) is 6.56. The van der Waals surface area contributed by atoms with Crippen LogP contribution in [0.25, 0.3) is 11.0 Å². The van der Waals surface area contributed by atoms with E-state index in [9.17, 15) is 0 Å². The van der Waals surface area contributed by atoms with E-state index >= 15 is 0 Å². The van der Waals surface area contributed by atoms with Gasteiger partial charge >= 0.3 is 0 Å². The van der Waals surface area contributed by atoms with Gasteiger partial charge in [-0.15, -0.1) is 0 Å². The lowest BCUT2D eigenvalue weighted by molar-refractivity contribution is 0.0269. The highest BCUT2D eigenvalue weighted by molar-refractivity contribution is 5.81. The molecule has 4 nitrogen and oxygen atoms in total. The van der Waals surface area contributed by atoms with Crippen molar-refractivity contribution >= 4 is 11.0 Å². The van der Waals surface area contributed by atoms with E-state index in [1.807, 2.05) is 31.2 Å². The van der Waals surface area contributed by atoms with Crippen molar-refractivity contribution in [2.45, 2.75) is 32.9 Å². The topological polar surface area (TPSA) is 60.4 Å². The molecule has 19 heavy (non-hydrogen) atoms. The van der Waals surface area contributed by atoms with Gasteiger partial charge < -0.3 is 9.15 Å². The van der Waals surface area contributed by atoms with Crippen molar-refractivity contribution in [1.82, 2.24) is 5.43 Å². The molecule has 0 fully saturated rings. The number of nitrogens with two attached hydrogens (primary N) is 1. The first-order valence-corrected chi connectivity index (χ1v) is 6.56. The average molecular weight is 262 g/mol. The van der Waals surface area contributed by atoms with Crippen LogP contribution in [0.5, 0.6) is 0 Å². The lowest BCUT2D eigenvalue weighted by Crippen LogP contribution is -2.40. The summed E-state index contributed by atoms with van der Waals surface area (Å²) in [5.41, 5.74) is 4.85. The number of para-hydroxylation sites is 1. The van der Waals surface area contributed by atoms with Crippen molar-refractivity contribution in [3.05, 3.63) is 35.6 Å². The van der Waals surface area contributed by atoms with Crippen LogP contribution < -0.4 is 11.3 Å². The van der Waals surface area contributed by atoms with Crippen LogP contribution in [0.2, 0.25) is 0 Å². The van der Waals surface area contributed by atoms with Gasteiger partial charge in [-0.25, -0.2) is 5.43 Å². The summed E-state index contributed by atoms with van der Waals surface area (Å²) >= 11 is 0. The van der Waals surface area contributed by atoms with Gasteiger partial charge in [-0.2, -0.15) is 0 Å². The number of hydrogen-bond acceptors (Lipinski definition) is 4. The number of nitrogens with one attached hydrogen (secondary N) is 1. The number of fused-ring (bicyclic) bond motifs is 1. The van der Waals surface area contributed by atoms with Gasteiger partial charge in [-0.1, -0.05) is 32.0 Å². The summed E-state index contributed by atoms with van der Waals surface area (Å²) in [4.78, 5) is 0. The fourth-order valence-corrected chi connectivity index (χ4v) is 2.51. The Labute approximate surface area is 113 Å². The van der Waals surface area contributed by atoms with Gasteiger partial charge in [0.25, 0.3) is 0 Å². The highest BCUT2D eigenvalue weighted by Gasteiger charge is 2.28. The van der Waals surface area contributed by atoms with E-state index in [1.54, 1.807) is 7.11 Å². The van der Waals surface area contributed by atoms with Crippen molar-refractivity contribution in [2.24, 2.45) is 11.8 Å². The van der Waals surface area contributed by atoms with Crippen molar-refractivity contribution in [3.8, 4) is 0 Å². The van der Waals surface area contributed by atoms with Crippen LogP contribution >= 0.6 is 0 Å². The predicted molar refractivity (Wildman–Crippen MR) is 76.7 cm³/mol. The van der Waals surface area contributed by atoms with Gasteiger partial charge in [0.1, 0.15) is 17.4 Å². The number of rotatable bonds is 5. The van der Waals surface area contributed by atoms with Crippen LogP contribution in [0.3, 0.4) is 0 Å². The normalized spacial score (nSPS) is 15.1. The SMILES string of the molecule is COC(C(C)C)C(NN)c1cc2cccc(C)c2o1. The first-order chi connectivity index (χ1) is 9.08. The molecule has 0 radical (unpaired) electrons. The second-order valence-corrected chi connectivity index (χ2v) is 5.23. The maximum atomic E-state index is 5.96. The summed E-state index contributed by atoms with van der Waals surface area (Å²) < 4.78 is 11.5. The maximum absolute atomic E-state index is 5.96. The van der Waals surface area contributed by atoms with Crippen molar-refractivity contribution in [1.29, 1.82) is 0 Å². The first kappa shape index (κ1) is 14.1. The fourth-order valence-electron chi connectivity index (χ4n) is 2.51. The number of ether oxygens (including phenoxy) is 1. The Hall–Kier alpha value is -1.36. The summed E-state index contributed by atoms with van der Waals surface area (Å²) in [6, 6.07) is 7.98. The number of methoxy groups -OCH3 is 1. The third kappa shape index (κ3) is 2.66. The molecule has 2 rings (SSSR count). The molecule has 4 heteroatoms. The smallest absolute Gasteiger partial charge is 0.137 e. The monoisotopic (exact) mass is 262 g/mol. The lowest BCUT2D eigenvalue weighted by atomic mass is 9.98. The Balaban J connectivity index is 2.43. The van der Waals surface area contributed by atoms with E-state index in [4.69, 9.17) is 15.0 Å². The third-order valence-corrected chi connectivity index (χ3v) is 3.50. The van der Waals surface area contributed by atoms with E-state index in [0.717, 1.165) is 22.3 Å². The highest BCUT2D eigenvalue weighted by Crippen LogP contribution is 2.30. The minimum absolute atomic E-state index is 0.0362. The fraction of sp³-hybridized carbons (Fsp3) is 0.467. The molecule has 104 valence electrons. The largest absolute Gasteiger partial charge is 0.459 e. The van der Waals surface area contributed by atoms with Crippen molar-refractivity contribution < 1.29 is 9.15 Å². The molecule has 0 saturated carbocycles. The molecule has 2 aromatic rings. The van der Waals surface area contributed by atoms with Gasteiger partial charge in [-0.3, -0.25) is 5.84 Å². The number of aryl methyl sites for hydroxylation is 1. The van der Waals surface area contributed by atoms with Gasteiger partial charge in [0.2, 0.25) is 0 Å². The molecule has 0 amide bonds. The van der Waals surface area contributed by atoms with Gasteiger partial charge in [0, 0.05) is 12.5 Å². The Kier molecular flexibility index (Phi) is 4.24. The second kappa shape index (κ2) is 5.74. The van der Waals surface area contributed by atoms with Gasteiger partial charge in [0.15, 0.2) is 0 Å². The molecule has 0 bridgehead atoms. The molecule has 0 aliphatic carbocycles. The van der Waals surface area contributed by atoms with Crippen LogP contribution in [0.15, 0.2) is 28.7 Å². The zero-order valence-corrected chi connectivity index (χ0v) is 11.9. The molecular formula is C15H22N2O2. The molecule has 0 spiro atoms. The Morgan fingerprint density at radius 3 is 2.58 bits per heavy atom. The van der Waals surface area contributed by atoms with Crippen LogP contribution in [-0.4, -0.2) is 13.2 Å². The molecule has 1 aromatic heterocycles. The molecule has 2 unspecified atom stereocenters. The van der Waals surface area contributed by atoms with Gasteiger partial charge in [0.05, 0.1) is 6.10 Å². The minimum atomic E-state index is -0.156. The summed E-state index contributed by atoms with van der Waals surface area (Å²) in [6.07, 6.45) is -0.0362. The summed E-state index contributed by atoms with van der Waals surface area (Å²) in [6.45, 7) is 6.25. The van der Waals surface area contributed by atoms with Crippen LogP contribution in [0.4, 0.5) is 0 Å². The third-order valence-electron chi connectivity index (χ3n) is 3.50. The van der Waals surface area contributed by atoms with E-state index in [2.05, 4.69) is 19.3 Å². The van der Waals surface area contributed by atoms with E-state index < -0.39 is 0 Å². The van der Waals surface area contributed by atoms with Crippen molar-refractivity contribution in [2.75, 3.05) is 7.11 Å². The minimum Gasteiger partial charge on any atom is -0.459 e. The number of hydrogen-bond donors (Lipinski definition) is 2. The van der Waals surface area contributed by atoms with Gasteiger partial charge in [-0.05, 0) is 24.5 Å². The maximum Gasteiger partial charge on any atom is 0.137 e. The number of furan rings is 1. The van der Waals surface area contributed by atoms with Crippen LogP contribution in [0, 0.1) is 12.8 Å². The summed E-state index contributed by atoms with van der Waals surface area (Å²) in [5.74, 6) is 6.83. The quantitative estimate of drug-likeness (QED) is 0.642. The van der Waals surface area contributed by atoms with Crippen LogP contribution in [0.1, 0.15) is 31.2 Å². The molecule has 2 atom stereocenters. The average Bonchev–Trinajstić information content (AvgIpc) is 2.80. The Morgan fingerprint density at radius 1 is 1.32 bits per heavy atom. The second-order valence-electron chi connectivity index (χ2n) is 5.23. The lowest BCUT2D eigenvalue weighted by Gasteiger charge is -2.26. The van der Waals surface area contributed by atoms with E-state index in [0.29, 0.717) is 5.92 Å². The molecule has 1 heterocycles. The number of hydrazine groups is 1. The number of benzene rings is 1. The predicted octanol–water partition coefficient (Wildman–Crippen LogP) is 2.92. The molecule has 0 saturated heterocycles. The molecule has 0 aliphatic heterocycles. The van der Waals surface area contributed by atoms with Crippen LogP contribution in [-0.2, 0) is 4.74 Å². The summed E-state index contributed by atoms with van der Waals surface area (Å²) in [5, 5.41) is 1.09. The van der Waals surface area contributed by atoms with Crippen molar-refractivity contribution in [3.63, 3.8) is 0 Å². The summed E-state index contributed by atoms with van der Waals surface area (Å²) in [7, 11) is 1.70. The Bertz CT molecular complexity index is 548. The molecular weight excluding hydrogens is 240 g/mol. The van der Waals surface area contributed by atoms with E-state index in [-0.39, 0.29) is 12.1 Å². The standard InChI is InChI=1S/C15H22N2O2/c1-9(2)14(18-4)13(17-16)12-8-11-7-5-6-10(3)15(11)19-12/h5-9,13-14,17H,16H2,1-4H3. The molecule has 1 aromatic carbocycles. The Morgan fingerprint density at radius 2 is 2.05 bits per heavy atom. The highest BCUT2D eigenvalue weighted by atomic mass is 16.5. The van der Waals surface area contributed by atoms with E-state index in [1.165, 1.54) is 0 Å². The molecule has 0 aliphatic rings. The zero-order valence-electron chi connectivity index (χ0n) is 11.9. The molecule has 3 N–H and O–H groups in total.